The monoisotopic (exact) mass is 444 g/mol. The molecule has 0 radical (unpaired) electrons. The second-order valence-corrected chi connectivity index (χ2v) is 9.79. The Labute approximate surface area is 180 Å². The number of rotatable bonds is 8. The Kier molecular flexibility index (Phi) is 7.20. The Morgan fingerprint density at radius 3 is 2.40 bits per heavy atom. The number of hydrogen-bond acceptors (Lipinski definition) is 5. The largest absolute Gasteiger partial charge is 0.333 e. The Bertz CT molecular complexity index is 1050. The van der Waals surface area contributed by atoms with Gasteiger partial charge in [0, 0.05) is 29.3 Å². The molecule has 3 rings (SSSR count). The number of nitrogens with zero attached hydrogens (tertiary/aromatic N) is 2. The molecule has 1 heterocycles. The maximum atomic E-state index is 13.2. The first kappa shape index (κ1) is 21.9. The molecule has 0 fully saturated rings. The summed E-state index contributed by atoms with van der Waals surface area (Å²) in [4.78, 5) is 17.1. The zero-order chi connectivity index (χ0) is 21.6. The lowest BCUT2D eigenvalue weighted by atomic mass is 10.2. The number of thiazole rings is 1. The van der Waals surface area contributed by atoms with Crippen molar-refractivity contribution in [3.8, 4) is 0 Å². The number of benzene rings is 2. The SMILES string of the molecule is CC(C)N(Cc1ccccc1)S(=O)(=O)c1ccc(NC(=O)NCc2cncs2)cc1. The molecule has 0 atom stereocenters. The number of sulfonamides is 1. The molecule has 0 saturated carbocycles. The summed E-state index contributed by atoms with van der Waals surface area (Å²) in [5.41, 5.74) is 3.13. The van der Waals surface area contributed by atoms with Gasteiger partial charge in [0.2, 0.25) is 10.0 Å². The van der Waals surface area contributed by atoms with Gasteiger partial charge in [-0.25, -0.2) is 13.2 Å². The van der Waals surface area contributed by atoms with Crippen molar-refractivity contribution < 1.29 is 13.2 Å². The predicted octanol–water partition coefficient (Wildman–Crippen LogP) is 4.06. The molecule has 0 unspecified atom stereocenters. The van der Waals surface area contributed by atoms with Crippen LogP contribution in [0.4, 0.5) is 10.5 Å². The van der Waals surface area contributed by atoms with E-state index in [-0.39, 0.29) is 17.0 Å². The van der Waals surface area contributed by atoms with E-state index in [1.165, 1.54) is 27.8 Å². The highest BCUT2D eigenvalue weighted by atomic mass is 32.2. The van der Waals surface area contributed by atoms with E-state index >= 15 is 0 Å². The molecule has 0 saturated heterocycles. The summed E-state index contributed by atoms with van der Waals surface area (Å²) < 4.78 is 27.8. The molecule has 9 heteroatoms. The lowest BCUT2D eigenvalue weighted by Gasteiger charge is -2.26. The fraction of sp³-hybridized carbons (Fsp3) is 0.238. The van der Waals surface area contributed by atoms with Gasteiger partial charge in [-0.3, -0.25) is 4.98 Å². The van der Waals surface area contributed by atoms with Gasteiger partial charge >= 0.3 is 6.03 Å². The van der Waals surface area contributed by atoms with Gasteiger partial charge in [-0.1, -0.05) is 30.3 Å². The predicted molar refractivity (Wildman–Crippen MR) is 119 cm³/mol. The van der Waals surface area contributed by atoms with Crippen molar-refractivity contribution in [2.45, 2.75) is 37.9 Å². The number of amides is 2. The normalized spacial score (nSPS) is 11.6. The molecule has 0 spiro atoms. The quantitative estimate of drug-likeness (QED) is 0.548. The summed E-state index contributed by atoms with van der Waals surface area (Å²) in [6.07, 6.45) is 1.69. The number of hydrogen-bond donors (Lipinski definition) is 2. The van der Waals surface area contributed by atoms with Crippen LogP contribution in [0.25, 0.3) is 0 Å². The third kappa shape index (κ3) is 5.65. The van der Waals surface area contributed by atoms with Crippen molar-refractivity contribution >= 4 is 33.1 Å². The lowest BCUT2D eigenvalue weighted by Crippen LogP contribution is -2.36. The molecule has 2 N–H and O–H groups in total. The molecule has 0 bridgehead atoms. The number of anilines is 1. The number of aromatic nitrogens is 1. The summed E-state index contributed by atoms with van der Waals surface area (Å²) in [6.45, 7) is 4.38. The first-order chi connectivity index (χ1) is 14.4. The van der Waals surface area contributed by atoms with E-state index in [0.29, 0.717) is 18.8 Å². The Morgan fingerprint density at radius 2 is 1.80 bits per heavy atom. The van der Waals surface area contributed by atoms with Gasteiger partial charge in [-0.15, -0.1) is 11.3 Å². The fourth-order valence-electron chi connectivity index (χ4n) is 2.83. The minimum Gasteiger partial charge on any atom is -0.333 e. The van der Waals surface area contributed by atoms with Crippen molar-refractivity contribution in [1.29, 1.82) is 0 Å². The second-order valence-electron chi connectivity index (χ2n) is 6.93. The van der Waals surface area contributed by atoms with Crippen LogP contribution >= 0.6 is 11.3 Å². The third-order valence-electron chi connectivity index (χ3n) is 4.38. The van der Waals surface area contributed by atoms with E-state index < -0.39 is 10.0 Å². The Hall–Kier alpha value is -2.75. The highest BCUT2D eigenvalue weighted by molar-refractivity contribution is 7.89. The van der Waals surface area contributed by atoms with E-state index in [1.54, 1.807) is 23.8 Å². The van der Waals surface area contributed by atoms with Crippen LogP contribution < -0.4 is 10.6 Å². The highest BCUT2D eigenvalue weighted by Gasteiger charge is 2.27. The van der Waals surface area contributed by atoms with E-state index in [9.17, 15) is 13.2 Å². The van der Waals surface area contributed by atoms with Crippen molar-refractivity contribution in [3.05, 3.63) is 76.7 Å². The molecular weight excluding hydrogens is 420 g/mol. The van der Waals surface area contributed by atoms with Gasteiger partial charge in [0.15, 0.2) is 0 Å². The number of carbonyl (C=O) groups excluding carboxylic acids is 1. The van der Waals surface area contributed by atoms with Crippen LogP contribution in [0.2, 0.25) is 0 Å². The summed E-state index contributed by atoms with van der Waals surface area (Å²) in [5.74, 6) is 0. The smallest absolute Gasteiger partial charge is 0.319 e. The van der Waals surface area contributed by atoms with Gasteiger partial charge in [0.05, 0.1) is 17.0 Å². The molecule has 0 aliphatic rings. The van der Waals surface area contributed by atoms with E-state index in [1.807, 2.05) is 44.2 Å². The third-order valence-corrected chi connectivity index (χ3v) is 7.20. The van der Waals surface area contributed by atoms with Crippen molar-refractivity contribution in [2.24, 2.45) is 0 Å². The maximum Gasteiger partial charge on any atom is 0.319 e. The van der Waals surface area contributed by atoms with Crippen molar-refractivity contribution in [3.63, 3.8) is 0 Å². The first-order valence-corrected chi connectivity index (χ1v) is 11.8. The Balaban J connectivity index is 1.67. The second kappa shape index (κ2) is 9.84. The maximum absolute atomic E-state index is 13.2. The minimum atomic E-state index is -3.68. The van der Waals surface area contributed by atoms with Crippen LogP contribution in [-0.4, -0.2) is 29.8 Å². The van der Waals surface area contributed by atoms with Crippen LogP contribution in [-0.2, 0) is 23.1 Å². The van der Waals surface area contributed by atoms with Crippen LogP contribution in [0.3, 0.4) is 0 Å². The Morgan fingerprint density at radius 1 is 1.10 bits per heavy atom. The van der Waals surface area contributed by atoms with Crippen molar-refractivity contribution in [1.82, 2.24) is 14.6 Å². The molecule has 0 aliphatic heterocycles. The molecule has 158 valence electrons. The van der Waals surface area contributed by atoms with Gasteiger partial charge in [0.1, 0.15) is 0 Å². The van der Waals surface area contributed by atoms with E-state index in [2.05, 4.69) is 15.6 Å². The molecule has 7 nitrogen and oxygen atoms in total. The summed E-state index contributed by atoms with van der Waals surface area (Å²) in [6, 6.07) is 15.1. The zero-order valence-corrected chi connectivity index (χ0v) is 18.4. The van der Waals surface area contributed by atoms with Crippen LogP contribution in [0, 0.1) is 0 Å². The molecular formula is C21H24N4O3S2. The average Bonchev–Trinajstić information content (AvgIpc) is 3.25. The first-order valence-electron chi connectivity index (χ1n) is 9.44. The fourth-order valence-corrected chi connectivity index (χ4v) is 4.99. The van der Waals surface area contributed by atoms with Crippen LogP contribution in [0.15, 0.2) is 71.2 Å². The zero-order valence-electron chi connectivity index (χ0n) is 16.8. The standard InChI is InChI=1S/C21H24N4O3S2/c1-16(2)25(14-17-6-4-3-5-7-17)30(27,28)20-10-8-18(9-11-20)24-21(26)23-13-19-12-22-15-29-19/h3-12,15-16H,13-14H2,1-2H3,(H2,23,24,26). The summed E-state index contributed by atoms with van der Waals surface area (Å²) in [7, 11) is -3.68. The van der Waals surface area contributed by atoms with Gasteiger partial charge in [-0.05, 0) is 43.7 Å². The lowest BCUT2D eigenvalue weighted by molar-refractivity contribution is 0.252. The number of urea groups is 1. The van der Waals surface area contributed by atoms with Gasteiger partial charge in [-0.2, -0.15) is 4.31 Å². The molecule has 2 amide bonds. The number of carbonyl (C=O) groups is 1. The summed E-state index contributed by atoms with van der Waals surface area (Å²) >= 11 is 1.46. The summed E-state index contributed by atoms with van der Waals surface area (Å²) in [5, 5.41) is 5.43. The van der Waals surface area contributed by atoms with Gasteiger partial charge < -0.3 is 10.6 Å². The van der Waals surface area contributed by atoms with Crippen LogP contribution in [0.5, 0.6) is 0 Å². The van der Waals surface area contributed by atoms with Crippen molar-refractivity contribution in [2.75, 3.05) is 5.32 Å². The minimum absolute atomic E-state index is 0.183. The molecule has 0 aliphatic carbocycles. The molecule has 1 aromatic heterocycles. The molecule has 3 aromatic rings. The van der Waals surface area contributed by atoms with E-state index in [4.69, 9.17) is 0 Å². The number of nitrogens with one attached hydrogen (secondary N) is 2. The van der Waals surface area contributed by atoms with Gasteiger partial charge in [0.25, 0.3) is 0 Å². The van der Waals surface area contributed by atoms with Crippen LogP contribution in [0.1, 0.15) is 24.3 Å². The average molecular weight is 445 g/mol. The molecule has 2 aromatic carbocycles. The molecule has 30 heavy (non-hydrogen) atoms. The topological polar surface area (TPSA) is 91.4 Å². The van der Waals surface area contributed by atoms with E-state index in [0.717, 1.165) is 10.4 Å². The highest BCUT2D eigenvalue weighted by Crippen LogP contribution is 2.22.